The maximum Gasteiger partial charge on any atom is 0.514 e. The summed E-state index contributed by atoms with van der Waals surface area (Å²) in [7, 11) is 4.90. The summed E-state index contributed by atoms with van der Waals surface area (Å²) < 4.78 is 54.5. The van der Waals surface area contributed by atoms with E-state index in [1.54, 1.807) is 45.9 Å². The van der Waals surface area contributed by atoms with E-state index in [-0.39, 0.29) is 49.4 Å². The first-order valence-corrected chi connectivity index (χ1v) is 24.9. The molecule has 18 heteroatoms. The maximum absolute atomic E-state index is 14.8. The zero-order valence-electron chi connectivity index (χ0n) is 42.0. The molecule has 0 radical (unpaired) electrons. The molecule has 1 unspecified atom stereocenters. The number of benzene rings is 4. The van der Waals surface area contributed by atoms with Crippen molar-refractivity contribution >= 4 is 41.9 Å². The van der Waals surface area contributed by atoms with Crippen molar-refractivity contribution < 1.29 is 61.8 Å². The second-order valence-corrected chi connectivity index (χ2v) is 20.5. The zero-order chi connectivity index (χ0) is 51.4. The standard InChI is InChI=1S/C54H58N4O13S/c1-28-20-33-23-54(25-55)26-57(7)43(39(33)49(45(28)64-9)70-52(62)71-53(4,5)6)44-50(72-10)41-40(48-47(66-27-67-48)29(2)46(41)68-30(3)59)35(58(44)54)24-65-51(61)42-34-22-36(63-8)37(21-32(34)18-19-56-42)69-38(60)17-16-31-14-12-11-13-15-31/h11-17,20-22,35,42-44,50,56H,18-19,23-24,26-27H2,1-10H3/b17-16+/t35-,42+,43+,44?,50+,54-/m0/s1. The fraction of sp³-hybridized carbons (Fsp3) is 0.426. The van der Waals surface area contributed by atoms with Gasteiger partial charge in [-0.15, -0.1) is 0 Å². The van der Waals surface area contributed by atoms with Crippen molar-refractivity contribution in [2.24, 2.45) is 0 Å². The van der Waals surface area contributed by atoms with Crippen LogP contribution in [0.3, 0.4) is 0 Å². The molecule has 10 rings (SSSR count). The lowest BCUT2D eigenvalue weighted by atomic mass is 9.76. The lowest BCUT2D eigenvalue weighted by Crippen LogP contribution is -2.69. The largest absolute Gasteiger partial charge is 0.514 e. The molecule has 0 saturated carbocycles. The Morgan fingerprint density at radius 1 is 0.931 bits per heavy atom. The predicted octanol–water partition coefficient (Wildman–Crippen LogP) is 7.97. The third-order valence-corrected chi connectivity index (χ3v) is 14.8. The number of likely N-dealkylation sites (N-methyl/N-ethyl adjacent to an activating group) is 1. The van der Waals surface area contributed by atoms with Crippen LogP contribution in [-0.4, -0.2) is 105 Å². The molecule has 6 heterocycles. The third kappa shape index (κ3) is 8.97. The summed E-state index contributed by atoms with van der Waals surface area (Å²) in [5.41, 5.74) is 3.79. The van der Waals surface area contributed by atoms with E-state index in [4.69, 9.17) is 42.6 Å². The van der Waals surface area contributed by atoms with Gasteiger partial charge < -0.3 is 47.9 Å². The van der Waals surface area contributed by atoms with Gasteiger partial charge in [0.2, 0.25) is 6.79 Å². The van der Waals surface area contributed by atoms with Gasteiger partial charge >= 0.3 is 24.1 Å². The van der Waals surface area contributed by atoms with Gasteiger partial charge in [0.1, 0.15) is 29.5 Å². The smallest absolute Gasteiger partial charge is 0.493 e. The number of aryl methyl sites for hydroxylation is 1. The minimum absolute atomic E-state index is 0.123. The van der Waals surface area contributed by atoms with Gasteiger partial charge in [0, 0.05) is 60.8 Å². The van der Waals surface area contributed by atoms with Crippen LogP contribution in [0.1, 0.15) is 101 Å². The van der Waals surface area contributed by atoms with E-state index in [9.17, 15) is 24.4 Å². The normalized spacial score (nSPS) is 22.8. The number of ether oxygens (including phenoxy) is 9. The van der Waals surface area contributed by atoms with E-state index in [2.05, 4.69) is 21.2 Å². The summed E-state index contributed by atoms with van der Waals surface area (Å²) in [6.45, 7) is 10.5. The van der Waals surface area contributed by atoms with Crippen molar-refractivity contribution in [2.75, 3.05) is 54.0 Å². The van der Waals surface area contributed by atoms with Crippen molar-refractivity contribution in [3.63, 3.8) is 0 Å². The fourth-order valence-corrected chi connectivity index (χ4v) is 12.2. The molecule has 4 aromatic carbocycles. The summed E-state index contributed by atoms with van der Waals surface area (Å²) in [4.78, 5) is 58.9. The first-order chi connectivity index (χ1) is 34.4. The number of piperazine rings is 1. The number of methoxy groups -OCH3 is 2. The van der Waals surface area contributed by atoms with Crippen LogP contribution in [0.4, 0.5) is 4.79 Å². The summed E-state index contributed by atoms with van der Waals surface area (Å²) in [6, 6.07) is 14.4. The number of rotatable bonds is 11. The zero-order valence-corrected chi connectivity index (χ0v) is 42.8. The van der Waals surface area contributed by atoms with Gasteiger partial charge in [0.05, 0.1) is 37.6 Å². The second kappa shape index (κ2) is 19.7. The van der Waals surface area contributed by atoms with Crippen LogP contribution in [0.2, 0.25) is 0 Å². The van der Waals surface area contributed by atoms with Gasteiger partial charge in [-0.3, -0.25) is 14.6 Å². The van der Waals surface area contributed by atoms with Crippen LogP contribution in [-0.2, 0) is 36.7 Å². The minimum atomic E-state index is -1.31. The number of nitriles is 1. The monoisotopic (exact) mass is 1000 g/mol. The molecule has 2 bridgehead atoms. The van der Waals surface area contributed by atoms with E-state index < -0.39 is 64.6 Å². The molecule has 0 amide bonds. The van der Waals surface area contributed by atoms with E-state index in [0.29, 0.717) is 63.6 Å². The Hall–Kier alpha value is -6.78. The molecule has 17 nitrogen and oxygen atoms in total. The molecule has 6 atom stereocenters. The number of carbonyl (C=O) groups is 4. The molecular formula is C54H58N4O13S. The number of fused-ring (bicyclic) bond motifs is 5. The lowest BCUT2D eigenvalue weighted by Gasteiger charge is -2.59. The third-order valence-electron chi connectivity index (χ3n) is 13.8. The number of nitrogens with one attached hydrogen (secondary N) is 1. The van der Waals surface area contributed by atoms with Gasteiger partial charge in [0.15, 0.2) is 34.5 Å². The molecule has 378 valence electrons. The molecule has 4 aromatic rings. The van der Waals surface area contributed by atoms with Crippen molar-refractivity contribution in [1.82, 2.24) is 15.1 Å². The van der Waals surface area contributed by atoms with E-state index in [1.807, 2.05) is 56.6 Å². The highest BCUT2D eigenvalue weighted by Gasteiger charge is 2.63. The number of hydrogen-bond donors (Lipinski definition) is 1. The first-order valence-electron chi connectivity index (χ1n) is 23.7. The molecular weight excluding hydrogens is 945 g/mol. The Kier molecular flexibility index (Phi) is 13.7. The quantitative estimate of drug-likeness (QED) is 0.0657. The number of nitrogens with zero attached hydrogens (tertiary/aromatic N) is 3. The van der Waals surface area contributed by atoms with E-state index in [1.165, 1.54) is 39.0 Å². The van der Waals surface area contributed by atoms with Crippen molar-refractivity contribution in [1.29, 1.82) is 5.26 Å². The van der Waals surface area contributed by atoms with Crippen LogP contribution in [0, 0.1) is 25.2 Å². The van der Waals surface area contributed by atoms with Crippen LogP contribution < -0.4 is 38.5 Å². The molecule has 6 aliphatic heterocycles. The maximum atomic E-state index is 14.8. The highest BCUT2D eigenvalue weighted by molar-refractivity contribution is 7.98. The highest BCUT2D eigenvalue weighted by atomic mass is 32.2. The molecule has 0 aromatic heterocycles. The Balaban J connectivity index is 1.15. The molecule has 0 spiro atoms. The number of esters is 3. The molecule has 1 fully saturated rings. The van der Waals surface area contributed by atoms with E-state index in [0.717, 1.165) is 16.7 Å². The number of hydrogen-bond acceptors (Lipinski definition) is 18. The van der Waals surface area contributed by atoms with Crippen molar-refractivity contribution in [3.8, 4) is 46.3 Å². The average Bonchev–Trinajstić information content (AvgIpc) is 3.75. The van der Waals surface area contributed by atoms with E-state index >= 15 is 0 Å². The summed E-state index contributed by atoms with van der Waals surface area (Å²) in [6.07, 6.45) is 4.71. The Morgan fingerprint density at radius 3 is 2.36 bits per heavy atom. The SMILES string of the molecule is COc1cc2c(cc1OC(=O)/C=C/c1ccccc1)CCN[C@H]2C(=O)OC[C@H]1c2c3c(c(C)c(OC(C)=O)c2[C@@H](SC)C2[C@H]4c5c(cc(C)c(OC)c5OC(=O)OC(C)(C)C)C[C@](C#N)(CN4C)N21)OCO3. The molecule has 6 aliphatic rings. The van der Waals surface area contributed by atoms with Crippen molar-refractivity contribution in [2.45, 2.75) is 94.9 Å². The summed E-state index contributed by atoms with van der Waals surface area (Å²) in [5, 5.41) is 14.6. The Labute approximate surface area is 422 Å². The lowest BCUT2D eigenvalue weighted by molar-refractivity contribution is -0.153. The highest BCUT2D eigenvalue weighted by Crippen LogP contribution is 2.65. The number of carbonyl (C=O) groups excluding carboxylic acids is 4. The summed E-state index contributed by atoms with van der Waals surface area (Å²) in [5.74, 6) is 0.228. The number of thioether (sulfide) groups is 1. The summed E-state index contributed by atoms with van der Waals surface area (Å²) >= 11 is 1.50. The van der Waals surface area contributed by atoms with Gasteiger partial charge in [-0.25, -0.2) is 14.4 Å². The molecule has 1 saturated heterocycles. The second-order valence-electron chi connectivity index (χ2n) is 19.5. The fourth-order valence-electron chi connectivity index (χ4n) is 11.2. The molecule has 0 aliphatic carbocycles. The average molecular weight is 1000 g/mol. The van der Waals surface area contributed by atoms with Crippen LogP contribution >= 0.6 is 11.8 Å². The minimum Gasteiger partial charge on any atom is -0.493 e. The van der Waals surface area contributed by atoms with Gasteiger partial charge in [-0.2, -0.15) is 17.0 Å². The van der Waals surface area contributed by atoms with Gasteiger partial charge in [-0.05, 0) is 100 Å². The first kappa shape index (κ1) is 50.2. The topological polar surface area (TPSA) is 194 Å². The van der Waals surface area contributed by atoms with Gasteiger partial charge in [0.25, 0.3) is 0 Å². The Bertz CT molecular complexity index is 2930. The molecule has 1 N–H and O–H groups in total. The predicted molar refractivity (Wildman–Crippen MR) is 265 cm³/mol. The van der Waals surface area contributed by atoms with Gasteiger partial charge in [-0.1, -0.05) is 36.4 Å². The van der Waals surface area contributed by atoms with Crippen LogP contribution in [0.25, 0.3) is 6.08 Å². The molecule has 72 heavy (non-hydrogen) atoms. The Morgan fingerprint density at radius 2 is 1.68 bits per heavy atom. The van der Waals surface area contributed by atoms with Crippen molar-refractivity contribution in [3.05, 3.63) is 105 Å². The van der Waals surface area contributed by atoms with Crippen LogP contribution in [0.5, 0.6) is 40.2 Å². The van der Waals surface area contributed by atoms with Crippen LogP contribution in [0.15, 0.2) is 54.6 Å².